The van der Waals surface area contributed by atoms with Crippen molar-refractivity contribution in [2.75, 3.05) is 13.1 Å². The molecule has 1 aliphatic rings. The summed E-state index contributed by atoms with van der Waals surface area (Å²) in [7, 11) is 2.03. The maximum Gasteiger partial charge on any atom is 0.229 e. The van der Waals surface area contributed by atoms with Crippen LogP contribution in [0.15, 0.2) is 30.5 Å². The number of tetrazole rings is 1. The average Bonchev–Trinajstić information content (AvgIpc) is 3.30. The summed E-state index contributed by atoms with van der Waals surface area (Å²) in [4.78, 5) is 15.0. The molecule has 1 atom stereocenters. The molecule has 7 heteroatoms. The molecule has 0 saturated carbocycles. The number of carbonyl (C=O) groups excluding carboxylic acids is 1. The number of benzene rings is 1. The number of likely N-dealkylation sites (tertiary alicyclic amines) is 1. The van der Waals surface area contributed by atoms with Gasteiger partial charge >= 0.3 is 0 Å². The molecule has 0 bridgehead atoms. The zero-order valence-electron chi connectivity index (χ0n) is 14.5. The van der Waals surface area contributed by atoms with E-state index in [4.69, 9.17) is 0 Å². The summed E-state index contributed by atoms with van der Waals surface area (Å²) in [5, 5.41) is 15.5. The molecule has 1 amide bonds. The van der Waals surface area contributed by atoms with Crippen molar-refractivity contribution in [3.8, 4) is 0 Å². The number of hydrogen-bond acceptors (Lipinski definition) is 4. The Bertz CT molecular complexity index is 876. The second-order valence-corrected chi connectivity index (χ2v) is 6.80. The standard InChI is InChI=1S/C18H22N6O/c1-12(15-11-23(2)16-6-4-3-5-14(15)16)18(25)24-9-7-13(8-10-24)17-19-21-22-20-17/h3-6,11-13H,7-10H2,1-2H3,(H,19,20,21,22). The predicted octanol–water partition coefficient (Wildman–Crippen LogP) is 2.20. The van der Waals surface area contributed by atoms with Crippen molar-refractivity contribution in [3.05, 3.63) is 41.9 Å². The van der Waals surface area contributed by atoms with Crippen molar-refractivity contribution >= 4 is 16.8 Å². The van der Waals surface area contributed by atoms with Gasteiger partial charge in [-0.2, -0.15) is 5.21 Å². The minimum absolute atomic E-state index is 0.146. The second-order valence-electron chi connectivity index (χ2n) is 6.80. The summed E-state index contributed by atoms with van der Waals surface area (Å²) in [6.07, 6.45) is 3.85. The largest absolute Gasteiger partial charge is 0.350 e. The monoisotopic (exact) mass is 338 g/mol. The number of piperidine rings is 1. The number of aromatic amines is 1. The van der Waals surface area contributed by atoms with Crippen LogP contribution in [-0.4, -0.2) is 49.1 Å². The van der Waals surface area contributed by atoms with Crippen LogP contribution in [0.2, 0.25) is 0 Å². The molecule has 0 radical (unpaired) electrons. The first-order valence-corrected chi connectivity index (χ1v) is 8.71. The third-order valence-electron chi connectivity index (χ3n) is 5.30. The van der Waals surface area contributed by atoms with Crippen LogP contribution >= 0.6 is 0 Å². The van der Waals surface area contributed by atoms with Crippen LogP contribution in [0.3, 0.4) is 0 Å². The number of fused-ring (bicyclic) bond motifs is 1. The molecule has 1 fully saturated rings. The fraction of sp³-hybridized carbons (Fsp3) is 0.444. The van der Waals surface area contributed by atoms with E-state index < -0.39 is 0 Å². The van der Waals surface area contributed by atoms with Crippen molar-refractivity contribution < 1.29 is 4.79 Å². The molecule has 4 rings (SSSR count). The van der Waals surface area contributed by atoms with Crippen molar-refractivity contribution in [2.24, 2.45) is 7.05 Å². The van der Waals surface area contributed by atoms with Gasteiger partial charge in [-0.05, 0) is 31.4 Å². The number of carbonyl (C=O) groups is 1. The summed E-state index contributed by atoms with van der Waals surface area (Å²) in [5.74, 6) is 1.10. The van der Waals surface area contributed by atoms with Crippen LogP contribution in [0.1, 0.15) is 43.0 Å². The fourth-order valence-electron chi connectivity index (χ4n) is 3.83. The van der Waals surface area contributed by atoms with Gasteiger partial charge in [0.2, 0.25) is 5.91 Å². The van der Waals surface area contributed by atoms with E-state index in [1.54, 1.807) is 0 Å². The van der Waals surface area contributed by atoms with Gasteiger partial charge in [-0.3, -0.25) is 4.79 Å². The minimum Gasteiger partial charge on any atom is -0.350 e. The van der Waals surface area contributed by atoms with Gasteiger partial charge in [0, 0.05) is 43.2 Å². The third-order valence-corrected chi connectivity index (χ3v) is 5.30. The molecule has 1 unspecified atom stereocenters. The van der Waals surface area contributed by atoms with Crippen LogP contribution in [0.5, 0.6) is 0 Å². The zero-order valence-corrected chi connectivity index (χ0v) is 14.5. The summed E-state index contributed by atoms with van der Waals surface area (Å²) in [5.41, 5.74) is 2.26. The third kappa shape index (κ3) is 2.79. The highest BCUT2D eigenvalue weighted by Crippen LogP contribution is 2.31. The molecule has 1 N–H and O–H groups in total. The van der Waals surface area contributed by atoms with Gasteiger partial charge in [-0.1, -0.05) is 23.4 Å². The SMILES string of the molecule is CC(C(=O)N1CCC(c2nn[nH]n2)CC1)c1cn(C)c2ccccc12. The molecule has 130 valence electrons. The first kappa shape index (κ1) is 15.8. The van der Waals surface area contributed by atoms with E-state index in [1.165, 1.54) is 0 Å². The molecule has 1 aromatic carbocycles. The van der Waals surface area contributed by atoms with Crippen LogP contribution < -0.4 is 0 Å². The molecule has 0 aliphatic carbocycles. The average molecular weight is 338 g/mol. The van der Waals surface area contributed by atoms with Gasteiger partial charge < -0.3 is 9.47 Å². The van der Waals surface area contributed by atoms with Gasteiger partial charge in [0.1, 0.15) is 0 Å². The Morgan fingerprint density at radius 2 is 2.04 bits per heavy atom. The summed E-state index contributed by atoms with van der Waals surface area (Å²) in [6, 6.07) is 8.24. The lowest BCUT2D eigenvalue weighted by molar-refractivity contribution is -0.133. The van der Waals surface area contributed by atoms with Crippen LogP contribution in [-0.2, 0) is 11.8 Å². The predicted molar refractivity (Wildman–Crippen MR) is 94.1 cm³/mol. The first-order chi connectivity index (χ1) is 12.1. The maximum atomic E-state index is 13.0. The highest BCUT2D eigenvalue weighted by Gasteiger charge is 2.30. The van der Waals surface area contributed by atoms with Crippen molar-refractivity contribution in [3.63, 3.8) is 0 Å². The molecule has 0 spiro atoms. The maximum absolute atomic E-state index is 13.0. The van der Waals surface area contributed by atoms with Crippen LogP contribution in [0.25, 0.3) is 10.9 Å². The molecule has 7 nitrogen and oxygen atoms in total. The van der Waals surface area contributed by atoms with Gasteiger partial charge in [-0.15, -0.1) is 10.2 Å². The quantitative estimate of drug-likeness (QED) is 0.794. The second kappa shape index (κ2) is 6.31. The summed E-state index contributed by atoms with van der Waals surface area (Å²) < 4.78 is 2.09. The number of nitrogens with zero attached hydrogens (tertiary/aromatic N) is 5. The van der Waals surface area contributed by atoms with Gasteiger partial charge in [-0.25, -0.2) is 0 Å². The van der Waals surface area contributed by atoms with E-state index in [0.29, 0.717) is 0 Å². The first-order valence-electron chi connectivity index (χ1n) is 8.71. The summed E-state index contributed by atoms with van der Waals surface area (Å²) in [6.45, 7) is 3.50. The van der Waals surface area contributed by atoms with Gasteiger partial charge in [0.25, 0.3) is 0 Å². The van der Waals surface area contributed by atoms with E-state index in [9.17, 15) is 4.79 Å². The smallest absolute Gasteiger partial charge is 0.229 e. The normalized spacial score (nSPS) is 17.1. The number of amides is 1. The van der Waals surface area contributed by atoms with Gasteiger partial charge in [0.05, 0.1) is 5.92 Å². The lowest BCUT2D eigenvalue weighted by Gasteiger charge is -2.32. The number of H-pyrrole nitrogens is 1. The Hall–Kier alpha value is -2.70. The lowest BCUT2D eigenvalue weighted by Crippen LogP contribution is -2.40. The van der Waals surface area contributed by atoms with Crippen molar-refractivity contribution in [1.29, 1.82) is 0 Å². The highest BCUT2D eigenvalue weighted by atomic mass is 16.2. The Morgan fingerprint density at radius 3 is 2.76 bits per heavy atom. The number of aryl methyl sites for hydroxylation is 1. The number of hydrogen-bond donors (Lipinski definition) is 1. The van der Waals surface area contributed by atoms with Crippen LogP contribution in [0.4, 0.5) is 0 Å². The highest BCUT2D eigenvalue weighted by molar-refractivity contribution is 5.92. The van der Waals surface area contributed by atoms with E-state index in [0.717, 1.165) is 48.2 Å². The van der Waals surface area contributed by atoms with E-state index in [1.807, 2.05) is 31.0 Å². The van der Waals surface area contributed by atoms with E-state index >= 15 is 0 Å². The zero-order chi connectivity index (χ0) is 17.4. The summed E-state index contributed by atoms with van der Waals surface area (Å²) >= 11 is 0. The Labute approximate surface area is 146 Å². The Morgan fingerprint density at radius 1 is 1.28 bits per heavy atom. The van der Waals surface area contributed by atoms with Crippen molar-refractivity contribution in [1.82, 2.24) is 30.1 Å². The topological polar surface area (TPSA) is 79.7 Å². The Balaban J connectivity index is 1.49. The minimum atomic E-state index is -0.146. The van der Waals surface area contributed by atoms with E-state index in [-0.39, 0.29) is 17.7 Å². The Kier molecular flexibility index (Phi) is 3.99. The van der Waals surface area contributed by atoms with E-state index in [2.05, 4.69) is 43.5 Å². The number of para-hydroxylation sites is 1. The number of nitrogens with one attached hydrogen (secondary N) is 1. The van der Waals surface area contributed by atoms with Gasteiger partial charge in [0.15, 0.2) is 5.82 Å². The molecule has 1 saturated heterocycles. The molecule has 2 aromatic heterocycles. The fourth-order valence-corrected chi connectivity index (χ4v) is 3.83. The molecular formula is C18H22N6O. The molecule has 3 heterocycles. The number of aromatic nitrogens is 5. The molecule has 1 aliphatic heterocycles. The van der Waals surface area contributed by atoms with Crippen LogP contribution in [0, 0.1) is 0 Å². The van der Waals surface area contributed by atoms with Crippen molar-refractivity contribution in [2.45, 2.75) is 31.6 Å². The lowest BCUT2D eigenvalue weighted by atomic mass is 9.93. The molecule has 3 aromatic rings. The molecular weight excluding hydrogens is 316 g/mol. The molecule has 25 heavy (non-hydrogen) atoms. The number of rotatable bonds is 3.